The van der Waals surface area contributed by atoms with Crippen LogP contribution in [0, 0.1) is 0 Å². The zero-order valence-corrected chi connectivity index (χ0v) is 15.6. The molecule has 0 unspecified atom stereocenters. The van der Waals surface area contributed by atoms with Crippen LogP contribution in [-0.4, -0.2) is 29.3 Å². The van der Waals surface area contributed by atoms with Gasteiger partial charge in [0.25, 0.3) is 0 Å². The van der Waals surface area contributed by atoms with Crippen LogP contribution in [0.25, 0.3) is 33.5 Å². The molecule has 1 aromatic carbocycles. The third kappa shape index (κ3) is 2.87. The van der Waals surface area contributed by atoms with Crippen molar-refractivity contribution in [2.75, 3.05) is 0 Å². The van der Waals surface area contributed by atoms with E-state index in [2.05, 4.69) is 9.97 Å². The van der Waals surface area contributed by atoms with Crippen molar-refractivity contribution in [2.45, 2.75) is 19.5 Å². The van der Waals surface area contributed by atoms with Crippen LogP contribution in [0.3, 0.4) is 0 Å². The quantitative estimate of drug-likeness (QED) is 0.397. The van der Waals surface area contributed by atoms with Gasteiger partial charge in [-0.05, 0) is 24.6 Å². The van der Waals surface area contributed by atoms with Gasteiger partial charge in [-0.25, -0.2) is 4.98 Å². The van der Waals surface area contributed by atoms with Crippen molar-refractivity contribution in [3.63, 3.8) is 0 Å². The lowest BCUT2D eigenvalue weighted by Gasteiger charge is -2.10. The number of aromatic amines is 1. The number of hydrogen-bond acceptors (Lipinski definition) is 4. The molecule has 146 valence electrons. The molecule has 5 aromatic rings. The fourth-order valence-electron chi connectivity index (χ4n) is 3.84. The lowest BCUT2D eigenvalue weighted by Crippen LogP contribution is -2.04. The first-order valence-corrected chi connectivity index (χ1v) is 9.44. The third-order valence-corrected chi connectivity index (χ3v) is 5.18. The van der Waals surface area contributed by atoms with Crippen LogP contribution >= 0.6 is 0 Å². The molecule has 3 N–H and O–H groups in total. The van der Waals surface area contributed by atoms with Crippen LogP contribution in [0.4, 0.5) is 0 Å². The van der Waals surface area contributed by atoms with E-state index >= 15 is 0 Å². The largest absolute Gasteiger partial charge is 0.503 e. The second kappa shape index (κ2) is 6.94. The summed E-state index contributed by atoms with van der Waals surface area (Å²) in [6.45, 7) is 1.26. The van der Waals surface area contributed by atoms with Crippen molar-refractivity contribution in [1.82, 2.24) is 19.1 Å². The van der Waals surface area contributed by atoms with Gasteiger partial charge in [-0.3, -0.25) is 0 Å². The Morgan fingerprint density at radius 3 is 2.76 bits per heavy atom. The Labute approximate surface area is 166 Å². The third-order valence-electron chi connectivity index (χ3n) is 5.18. The van der Waals surface area contributed by atoms with Crippen LogP contribution in [0.5, 0.6) is 11.6 Å². The smallest absolute Gasteiger partial charge is 0.235 e. The number of benzene rings is 1. The number of hydrogen-bond donors (Lipinski definition) is 3. The van der Waals surface area contributed by atoms with Crippen LogP contribution in [0.2, 0.25) is 0 Å². The minimum atomic E-state index is -0.165. The van der Waals surface area contributed by atoms with Crippen molar-refractivity contribution in [3.05, 3.63) is 67.6 Å². The number of para-hydroxylation sites is 1. The number of aromatic nitrogens is 4. The molecule has 0 amide bonds. The summed E-state index contributed by atoms with van der Waals surface area (Å²) in [5.41, 5.74) is 2.98. The normalized spacial score (nSPS) is 11.4. The lowest BCUT2D eigenvalue weighted by molar-refractivity contribution is 0.368. The van der Waals surface area contributed by atoms with E-state index in [1.165, 1.54) is 0 Å². The molecule has 29 heavy (non-hydrogen) atoms. The summed E-state index contributed by atoms with van der Waals surface area (Å²) in [5, 5.41) is 22.6. The first-order chi connectivity index (χ1) is 14.2. The van der Waals surface area contributed by atoms with E-state index in [4.69, 9.17) is 4.42 Å². The SMILES string of the molecule is Oc1c(-c2c[nH]c3ccccc23)c(-c2ccco2)n(CCCn2ccnc2)c1O. The van der Waals surface area contributed by atoms with Gasteiger partial charge in [0.15, 0.2) is 11.5 Å². The molecular formula is C22H20N4O3. The number of fused-ring (bicyclic) bond motifs is 1. The topological polar surface area (TPSA) is 92.1 Å². The molecule has 0 radical (unpaired) electrons. The Bertz CT molecular complexity index is 1250. The standard InChI is InChI=1S/C22H20N4O3/c27-21-19(16-13-24-17-6-2-1-5-15(16)17)20(18-7-3-12-29-18)26(22(21)28)10-4-9-25-11-8-23-14-25/h1-3,5-8,11-14,24,27-28H,4,9-10H2. The van der Waals surface area contributed by atoms with Crippen LogP contribution in [0.15, 0.2) is 72.0 Å². The highest BCUT2D eigenvalue weighted by atomic mass is 16.3. The molecule has 4 heterocycles. The minimum absolute atomic E-state index is 0.149. The van der Waals surface area contributed by atoms with Gasteiger partial charge in [0.05, 0.1) is 23.8 Å². The number of imidazole rings is 1. The molecule has 4 aromatic heterocycles. The molecule has 0 fully saturated rings. The van der Waals surface area contributed by atoms with Crippen LogP contribution < -0.4 is 0 Å². The summed E-state index contributed by atoms with van der Waals surface area (Å²) in [5.74, 6) is 0.273. The second-order valence-corrected chi connectivity index (χ2v) is 6.93. The Hall–Kier alpha value is -3.87. The maximum atomic E-state index is 10.9. The average Bonchev–Trinajstić information content (AvgIpc) is 3.52. The summed E-state index contributed by atoms with van der Waals surface area (Å²) in [4.78, 5) is 7.29. The van der Waals surface area contributed by atoms with Gasteiger partial charge in [0, 0.05) is 48.1 Å². The van der Waals surface area contributed by atoms with Gasteiger partial charge >= 0.3 is 0 Å². The zero-order valence-electron chi connectivity index (χ0n) is 15.6. The highest BCUT2D eigenvalue weighted by Gasteiger charge is 2.27. The molecule has 7 heteroatoms. The van der Waals surface area contributed by atoms with Crippen molar-refractivity contribution in [1.29, 1.82) is 0 Å². The summed E-state index contributed by atoms with van der Waals surface area (Å²) in [6.07, 6.45) is 9.59. The molecule has 0 saturated carbocycles. The van der Waals surface area contributed by atoms with Crippen LogP contribution in [-0.2, 0) is 13.1 Å². The number of nitrogens with zero attached hydrogens (tertiary/aromatic N) is 3. The molecule has 0 saturated heterocycles. The summed E-state index contributed by atoms with van der Waals surface area (Å²) in [7, 11) is 0. The highest BCUT2D eigenvalue weighted by molar-refractivity contribution is 6.01. The second-order valence-electron chi connectivity index (χ2n) is 6.93. The Morgan fingerprint density at radius 1 is 1.07 bits per heavy atom. The van der Waals surface area contributed by atoms with Gasteiger partial charge in [-0.15, -0.1) is 0 Å². The maximum Gasteiger partial charge on any atom is 0.235 e. The molecule has 0 atom stereocenters. The number of rotatable bonds is 6. The van der Waals surface area contributed by atoms with Gasteiger partial charge in [-0.2, -0.15) is 0 Å². The molecule has 0 aliphatic heterocycles. The molecule has 0 spiro atoms. The van der Waals surface area contributed by atoms with Crippen molar-refractivity contribution >= 4 is 10.9 Å². The molecule has 0 aliphatic carbocycles. The molecule has 5 rings (SSSR count). The fourth-order valence-corrected chi connectivity index (χ4v) is 3.84. The van der Waals surface area contributed by atoms with E-state index in [0.717, 1.165) is 29.4 Å². The monoisotopic (exact) mass is 388 g/mol. The molecule has 0 bridgehead atoms. The summed E-state index contributed by atoms with van der Waals surface area (Å²) in [6, 6.07) is 11.5. The Morgan fingerprint density at radius 2 is 1.97 bits per heavy atom. The number of H-pyrrole nitrogens is 1. The highest BCUT2D eigenvalue weighted by Crippen LogP contribution is 2.48. The number of nitrogens with one attached hydrogen (secondary N) is 1. The fraction of sp³-hybridized carbons (Fsp3) is 0.136. The Kier molecular flexibility index (Phi) is 4.13. The van der Waals surface area contributed by atoms with E-state index in [9.17, 15) is 10.2 Å². The summed E-state index contributed by atoms with van der Waals surface area (Å²) < 4.78 is 9.35. The Balaban J connectivity index is 1.63. The predicted molar refractivity (Wildman–Crippen MR) is 110 cm³/mol. The van der Waals surface area contributed by atoms with Gasteiger partial charge in [-0.1, -0.05) is 18.2 Å². The van der Waals surface area contributed by atoms with Gasteiger partial charge in [0.1, 0.15) is 0 Å². The molecule has 7 nitrogen and oxygen atoms in total. The molecule has 0 aliphatic rings. The molecular weight excluding hydrogens is 368 g/mol. The minimum Gasteiger partial charge on any atom is -0.503 e. The maximum absolute atomic E-state index is 10.9. The first kappa shape index (κ1) is 17.2. The summed E-state index contributed by atoms with van der Waals surface area (Å²) >= 11 is 0. The van der Waals surface area contributed by atoms with E-state index in [1.54, 1.807) is 29.4 Å². The van der Waals surface area contributed by atoms with E-state index in [-0.39, 0.29) is 11.6 Å². The van der Waals surface area contributed by atoms with Crippen molar-refractivity contribution in [3.8, 4) is 34.2 Å². The van der Waals surface area contributed by atoms with Gasteiger partial charge in [0.2, 0.25) is 5.88 Å². The number of aromatic hydroxyl groups is 2. The average molecular weight is 388 g/mol. The van der Waals surface area contributed by atoms with Gasteiger partial charge < -0.3 is 28.7 Å². The van der Waals surface area contributed by atoms with Crippen LogP contribution in [0.1, 0.15) is 6.42 Å². The van der Waals surface area contributed by atoms with E-state index in [1.807, 2.05) is 47.3 Å². The predicted octanol–water partition coefficient (Wildman–Crippen LogP) is 4.59. The first-order valence-electron chi connectivity index (χ1n) is 9.44. The van der Waals surface area contributed by atoms with E-state index in [0.29, 0.717) is 23.6 Å². The van der Waals surface area contributed by atoms with E-state index < -0.39 is 0 Å². The number of aryl methyl sites for hydroxylation is 1. The number of furan rings is 1. The zero-order chi connectivity index (χ0) is 19.8. The van der Waals surface area contributed by atoms with Crippen molar-refractivity contribution < 1.29 is 14.6 Å². The lowest BCUT2D eigenvalue weighted by atomic mass is 10.0. The van der Waals surface area contributed by atoms with Crippen molar-refractivity contribution in [2.24, 2.45) is 0 Å².